The summed E-state index contributed by atoms with van der Waals surface area (Å²) in [4.78, 5) is 40.6. The monoisotopic (exact) mass is 387 g/mol. The SMILES string of the molecule is COc1ccc(OC)c(NC(=O)c2c[nH]c(=O)n(Cc3cccs3)c2=O)c1. The Labute approximate surface area is 158 Å². The van der Waals surface area contributed by atoms with Crippen molar-refractivity contribution in [1.82, 2.24) is 9.55 Å². The first-order valence-corrected chi connectivity index (χ1v) is 8.79. The molecule has 0 saturated carbocycles. The van der Waals surface area contributed by atoms with Crippen molar-refractivity contribution < 1.29 is 14.3 Å². The van der Waals surface area contributed by atoms with E-state index in [0.29, 0.717) is 17.2 Å². The zero-order valence-corrected chi connectivity index (χ0v) is 15.5. The van der Waals surface area contributed by atoms with Crippen molar-refractivity contribution in [3.05, 3.63) is 73.2 Å². The highest BCUT2D eigenvalue weighted by Gasteiger charge is 2.17. The minimum Gasteiger partial charge on any atom is -0.497 e. The van der Waals surface area contributed by atoms with Crippen molar-refractivity contribution in [3.8, 4) is 11.5 Å². The molecule has 0 unspecified atom stereocenters. The number of aromatic nitrogens is 2. The number of aromatic amines is 1. The van der Waals surface area contributed by atoms with E-state index in [2.05, 4.69) is 10.3 Å². The molecule has 140 valence electrons. The number of amides is 1. The van der Waals surface area contributed by atoms with E-state index in [1.165, 1.54) is 25.6 Å². The Bertz CT molecular complexity index is 1070. The van der Waals surface area contributed by atoms with Crippen molar-refractivity contribution in [3.63, 3.8) is 0 Å². The smallest absolute Gasteiger partial charge is 0.328 e. The van der Waals surface area contributed by atoms with Crippen molar-refractivity contribution in [2.45, 2.75) is 6.54 Å². The van der Waals surface area contributed by atoms with Gasteiger partial charge in [-0.05, 0) is 23.6 Å². The van der Waals surface area contributed by atoms with Gasteiger partial charge in [0, 0.05) is 17.1 Å². The normalized spacial score (nSPS) is 10.4. The predicted molar refractivity (Wildman–Crippen MR) is 102 cm³/mol. The number of nitrogens with one attached hydrogen (secondary N) is 2. The number of anilines is 1. The van der Waals surface area contributed by atoms with Crippen LogP contribution in [0.2, 0.25) is 0 Å². The van der Waals surface area contributed by atoms with Gasteiger partial charge < -0.3 is 19.8 Å². The first kappa shape index (κ1) is 18.5. The molecule has 8 nitrogen and oxygen atoms in total. The van der Waals surface area contributed by atoms with Crippen molar-refractivity contribution in [1.29, 1.82) is 0 Å². The van der Waals surface area contributed by atoms with Crippen LogP contribution in [0.15, 0.2) is 51.5 Å². The number of thiophene rings is 1. The minimum absolute atomic E-state index is 0.0927. The zero-order valence-electron chi connectivity index (χ0n) is 14.6. The number of hydrogen-bond acceptors (Lipinski definition) is 6. The number of nitrogens with zero attached hydrogens (tertiary/aromatic N) is 1. The molecule has 1 amide bonds. The molecule has 0 radical (unpaired) electrons. The maximum Gasteiger partial charge on any atom is 0.328 e. The second-order valence-electron chi connectivity index (χ2n) is 5.50. The Morgan fingerprint density at radius 1 is 1.22 bits per heavy atom. The van der Waals surface area contributed by atoms with Crippen molar-refractivity contribution in [2.75, 3.05) is 19.5 Å². The fraction of sp³-hybridized carbons (Fsp3) is 0.167. The van der Waals surface area contributed by atoms with Crippen LogP contribution in [0.1, 0.15) is 15.2 Å². The van der Waals surface area contributed by atoms with Crippen molar-refractivity contribution in [2.24, 2.45) is 0 Å². The molecule has 2 heterocycles. The second kappa shape index (κ2) is 7.92. The summed E-state index contributed by atoms with van der Waals surface area (Å²) < 4.78 is 11.3. The third-order valence-electron chi connectivity index (χ3n) is 3.85. The molecular weight excluding hydrogens is 370 g/mol. The van der Waals surface area contributed by atoms with E-state index in [4.69, 9.17) is 9.47 Å². The van der Waals surface area contributed by atoms with Gasteiger partial charge in [-0.3, -0.25) is 14.2 Å². The van der Waals surface area contributed by atoms with Gasteiger partial charge in [0.2, 0.25) is 0 Å². The third-order valence-corrected chi connectivity index (χ3v) is 4.72. The summed E-state index contributed by atoms with van der Waals surface area (Å²) in [6.07, 6.45) is 1.11. The molecule has 2 aromatic heterocycles. The van der Waals surface area contributed by atoms with Crippen LogP contribution in [0.5, 0.6) is 11.5 Å². The summed E-state index contributed by atoms with van der Waals surface area (Å²) in [6.45, 7) is 0.0927. The summed E-state index contributed by atoms with van der Waals surface area (Å²) in [7, 11) is 2.96. The molecular formula is C18H17N3O5S. The molecule has 3 aromatic rings. The van der Waals surface area contributed by atoms with Crippen molar-refractivity contribution >= 4 is 22.9 Å². The number of benzene rings is 1. The van der Waals surface area contributed by atoms with Crippen LogP contribution in [0.25, 0.3) is 0 Å². The third kappa shape index (κ3) is 3.93. The van der Waals surface area contributed by atoms with Gasteiger partial charge in [-0.2, -0.15) is 0 Å². The fourth-order valence-corrected chi connectivity index (χ4v) is 3.17. The van der Waals surface area contributed by atoms with Gasteiger partial charge in [-0.15, -0.1) is 11.3 Å². The average molecular weight is 387 g/mol. The standard InChI is InChI=1S/C18H17N3O5S/c1-25-11-5-6-15(26-2)14(8-11)20-16(22)13-9-19-18(24)21(17(13)23)10-12-4-3-7-27-12/h3-9H,10H2,1-2H3,(H,19,24)(H,20,22). The highest BCUT2D eigenvalue weighted by molar-refractivity contribution is 7.09. The van der Waals surface area contributed by atoms with E-state index in [1.807, 2.05) is 17.5 Å². The summed E-state index contributed by atoms with van der Waals surface area (Å²) in [6, 6.07) is 8.53. The summed E-state index contributed by atoms with van der Waals surface area (Å²) >= 11 is 1.42. The maximum atomic E-state index is 12.7. The number of carbonyl (C=O) groups excluding carboxylic acids is 1. The number of H-pyrrole nitrogens is 1. The van der Waals surface area contributed by atoms with Crippen LogP contribution < -0.4 is 26.0 Å². The van der Waals surface area contributed by atoms with E-state index in [9.17, 15) is 14.4 Å². The van der Waals surface area contributed by atoms with Gasteiger partial charge in [-0.25, -0.2) is 4.79 Å². The van der Waals surface area contributed by atoms with Gasteiger partial charge >= 0.3 is 5.69 Å². The van der Waals surface area contributed by atoms with Crippen LogP contribution in [0.4, 0.5) is 5.69 Å². The fourth-order valence-electron chi connectivity index (χ4n) is 2.48. The molecule has 0 aliphatic carbocycles. The van der Waals surface area contributed by atoms with Crippen LogP contribution >= 0.6 is 11.3 Å². The number of methoxy groups -OCH3 is 2. The second-order valence-corrected chi connectivity index (χ2v) is 6.53. The Morgan fingerprint density at radius 3 is 2.70 bits per heavy atom. The molecule has 0 fully saturated rings. The largest absolute Gasteiger partial charge is 0.497 e. The first-order chi connectivity index (χ1) is 13.0. The summed E-state index contributed by atoms with van der Waals surface area (Å²) in [5, 5.41) is 4.47. The lowest BCUT2D eigenvalue weighted by Crippen LogP contribution is -2.39. The van der Waals surface area contributed by atoms with Gasteiger partial charge in [0.05, 0.1) is 26.5 Å². The molecule has 3 rings (SSSR count). The summed E-state index contributed by atoms with van der Waals surface area (Å²) in [5.41, 5.74) is -1.09. The lowest BCUT2D eigenvalue weighted by atomic mass is 10.2. The Kier molecular flexibility index (Phi) is 5.41. The van der Waals surface area contributed by atoms with Gasteiger partial charge in [0.1, 0.15) is 17.1 Å². The van der Waals surface area contributed by atoms with Gasteiger partial charge in [0.25, 0.3) is 11.5 Å². The minimum atomic E-state index is -0.675. The zero-order chi connectivity index (χ0) is 19.4. The predicted octanol–water partition coefficient (Wildman–Crippen LogP) is 1.92. The number of ether oxygens (including phenoxy) is 2. The molecule has 9 heteroatoms. The van der Waals surface area contributed by atoms with E-state index >= 15 is 0 Å². The molecule has 0 bridgehead atoms. The lowest BCUT2D eigenvalue weighted by Gasteiger charge is -2.12. The van der Waals surface area contributed by atoms with Crippen LogP contribution in [-0.2, 0) is 6.54 Å². The summed E-state index contributed by atoms with van der Waals surface area (Å²) in [5.74, 6) is 0.262. The molecule has 0 aliphatic rings. The average Bonchev–Trinajstić information content (AvgIpc) is 3.18. The molecule has 0 spiro atoms. The molecule has 2 N–H and O–H groups in total. The van der Waals surface area contributed by atoms with E-state index in [-0.39, 0.29) is 12.1 Å². The van der Waals surface area contributed by atoms with E-state index < -0.39 is 17.2 Å². The first-order valence-electron chi connectivity index (χ1n) is 7.91. The molecule has 0 saturated heterocycles. The number of rotatable bonds is 6. The Morgan fingerprint density at radius 2 is 2.04 bits per heavy atom. The quantitative estimate of drug-likeness (QED) is 0.673. The number of carbonyl (C=O) groups is 1. The maximum absolute atomic E-state index is 12.7. The molecule has 1 aromatic carbocycles. The van der Waals surface area contributed by atoms with E-state index in [0.717, 1.165) is 15.6 Å². The molecule has 0 atom stereocenters. The molecule has 0 aliphatic heterocycles. The highest BCUT2D eigenvalue weighted by atomic mass is 32.1. The van der Waals surface area contributed by atoms with Crippen LogP contribution in [0, 0.1) is 0 Å². The highest BCUT2D eigenvalue weighted by Crippen LogP contribution is 2.29. The van der Waals surface area contributed by atoms with Crippen LogP contribution in [-0.4, -0.2) is 29.7 Å². The van der Waals surface area contributed by atoms with E-state index in [1.54, 1.807) is 18.2 Å². The lowest BCUT2D eigenvalue weighted by molar-refractivity contribution is 0.102. The topological polar surface area (TPSA) is 102 Å². The van der Waals surface area contributed by atoms with Gasteiger partial charge in [0.15, 0.2) is 0 Å². The molecule has 27 heavy (non-hydrogen) atoms. The number of hydrogen-bond donors (Lipinski definition) is 2. The Hall–Kier alpha value is -3.33. The Balaban J connectivity index is 1.94. The van der Waals surface area contributed by atoms with Gasteiger partial charge in [-0.1, -0.05) is 6.07 Å². The van der Waals surface area contributed by atoms with Crippen LogP contribution in [0.3, 0.4) is 0 Å².